The van der Waals surface area contributed by atoms with E-state index in [2.05, 4.69) is 36.5 Å². The third-order valence-electron chi connectivity index (χ3n) is 4.58. The Kier molecular flexibility index (Phi) is 5.83. The number of benzene rings is 1. The van der Waals surface area contributed by atoms with Gasteiger partial charge < -0.3 is 0 Å². The molecule has 1 atom stereocenters. The minimum Gasteiger partial charge on any atom is -0.241 e. The molecular formula is C21H26N2O2S3. The van der Waals surface area contributed by atoms with Crippen molar-refractivity contribution in [1.82, 2.24) is 9.71 Å². The molecule has 2 heterocycles. The summed E-state index contributed by atoms with van der Waals surface area (Å²) in [4.78, 5) is 4.69. The quantitative estimate of drug-likeness (QED) is 0.550. The molecule has 0 radical (unpaired) electrons. The Hall–Kier alpha value is -1.54. The molecule has 3 aromatic rings. The lowest BCUT2D eigenvalue weighted by Gasteiger charge is -2.16. The zero-order valence-corrected chi connectivity index (χ0v) is 19.5. The molecule has 0 saturated carbocycles. The SMILES string of the molecule is Cc1ccc(C(C)NS(=O)(=O)c2cc(-c3nc(C(C)(C)C)cs3)cs2)c(C)c1. The highest BCUT2D eigenvalue weighted by Gasteiger charge is 2.23. The maximum absolute atomic E-state index is 12.9. The third-order valence-corrected chi connectivity index (χ3v) is 8.46. The minimum atomic E-state index is -3.60. The van der Waals surface area contributed by atoms with E-state index in [9.17, 15) is 8.42 Å². The number of hydrogen-bond acceptors (Lipinski definition) is 5. The van der Waals surface area contributed by atoms with Gasteiger partial charge in [0.1, 0.15) is 9.22 Å². The molecule has 0 saturated heterocycles. The topological polar surface area (TPSA) is 59.1 Å². The predicted octanol–water partition coefficient (Wildman–Crippen LogP) is 5.83. The average Bonchev–Trinajstić information content (AvgIpc) is 3.23. The van der Waals surface area contributed by atoms with Crippen molar-refractivity contribution in [2.45, 2.75) is 57.2 Å². The number of nitrogens with zero attached hydrogens (tertiary/aromatic N) is 1. The number of sulfonamides is 1. The first kappa shape index (κ1) is 21.2. The number of aryl methyl sites for hydroxylation is 2. The van der Waals surface area contributed by atoms with Crippen LogP contribution in [0.2, 0.25) is 0 Å². The van der Waals surface area contributed by atoms with Gasteiger partial charge in [-0.2, -0.15) is 0 Å². The highest BCUT2D eigenvalue weighted by atomic mass is 32.2. The first-order valence-corrected chi connectivity index (χ1v) is 12.4. The van der Waals surface area contributed by atoms with E-state index >= 15 is 0 Å². The maximum atomic E-state index is 12.9. The molecule has 0 fully saturated rings. The van der Waals surface area contributed by atoms with Crippen LogP contribution in [-0.2, 0) is 15.4 Å². The fraction of sp³-hybridized carbons (Fsp3) is 0.381. The van der Waals surface area contributed by atoms with E-state index in [1.807, 2.05) is 43.7 Å². The molecule has 0 bridgehead atoms. The Balaban J connectivity index is 1.82. The van der Waals surface area contributed by atoms with Crippen LogP contribution >= 0.6 is 22.7 Å². The Morgan fingerprint density at radius 2 is 1.79 bits per heavy atom. The van der Waals surface area contributed by atoms with Crippen LogP contribution in [0.1, 0.15) is 56.1 Å². The molecule has 4 nitrogen and oxygen atoms in total. The van der Waals surface area contributed by atoms with Crippen molar-refractivity contribution >= 4 is 32.7 Å². The standard InChI is InChI=1S/C21H26N2O2S3/c1-13-7-8-17(14(2)9-13)15(3)23-28(24,25)19-10-16(11-26-19)20-22-18(12-27-20)21(4,5)6/h7-12,15,23H,1-6H3. The van der Waals surface area contributed by atoms with Crippen molar-refractivity contribution in [3.63, 3.8) is 0 Å². The van der Waals surface area contributed by atoms with E-state index in [4.69, 9.17) is 0 Å². The number of thiazole rings is 1. The molecular weight excluding hydrogens is 408 g/mol. The summed E-state index contributed by atoms with van der Waals surface area (Å²) in [5.41, 5.74) is 5.08. The zero-order valence-electron chi connectivity index (χ0n) is 17.0. The summed E-state index contributed by atoms with van der Waals surface area (Å²) in [7, 11) is -3.60. The first-order chi connectivity index (χ1) is 13.0. The fourth-order valence-corrected chi connectivity index (χ4v) is 6.50. The first-order valence-electron chi connectivity index (χ1n) is 9.12. The summed E-state index contributed by atoms with van der Waals surface area (Å²) in [6.45, 7) is 12.3. The minimum absolute atomic E-state index is 0.0252. The summed E-state index contributed by atoms with van der Waals surface area (Å²) in [5.74, 6) is 0. The van der Waals surface area contributed by atoms with Gasteiger partial charge in [0.05, 0.1) is 5.69 Å². The van der Waals surface area contributed by atoms with Crippen molar-refractivity contribution in [2.24, 2.45) is 0 Å². The van der Waals surface area contributed by atoms with Crippen LogP contribution in [0.5, 0.6) is 0 Å². The lowest BCUT2D eigenvalue weighted by atomic mass is 9.93. The lowest BCUT2D eigenvalue weighted by molar-refractivity contribution is 0.568. The third kappa shape index (κ3) is 4.54. The molecule has 1 aromatic carbocycles. The fourth-order valence-electron chi connectivity index (χ4n) is 2.99. The number of rotatable bonds is 5. The monoisotopic (exact) mass is 434 g/mol. The molecule has 7 heteroatoms. The summed E-state index contributed by atoms with van der Waals surface area (Å²) < 4.78 is 28.9. The van der Waals surface area contributed by atoms with Gasteiger partial charge in [-0.1, -0.05) is 44.5 Å². The largest absolute Gasteiger partial charge is 0.250 e. The molecule has 0 amide bonds. The average molecular weight is 435 g/mol. The molecule has 3 rings (SSSR count). The van der Waals surface area contributed by atoms with Crippen LogP contribution in [-0.4, -0.2) is 13.4 Å². The van der Waals surface area contributed by atoms with Crippen LogP contribution < -0.4 is 4.72 Å². The number of hydrogen-bond donors (Lipinski definition) is 1. The second-order valence-corrected chi connectivity index (χ2v) is 11.9. The highest BCUT2D eigenvalue weighted by molar-refractivity contribution is 7.91. The zero-order chi connectivity index (χ0) is 20.7. The molecule has 28 heavy (non-hydrogen) atoms. The second-order valence-electron chi connectivity index (χ2n) is 8.15. The number of thiophene rings is 1. The number of nitrogens with one attached hydrogen (secondary N) is 1. The van der Waals surface area contributed by atoms with Crippen molar-refractivity contribution in [2.75, 3.05) is 0 Å². The van der Waals surface area contributed by atoms with Gasteiger partial charge in [-0.15, -0.1) is 22.7 Å². The second kappa shape index (κ2) is 7.71. The van der Waals surface area contributed by atoms with Gasteiger partial charge in [-0.05, 0) is 38.0 Å². The molecule has 0 aliphatic heterocycles. The van der Waals surface area contributed by atoms with E-state index in [0.717, 1.165) is 33.0 Å². The predicted molar refractivity (Wildman–Crippen MR) is 119 cm³/mol. The number of aromatic nitrogens is 1. The Morgan fingerprint density at radius 3 is 2.39 bits per heavy atom. The Bertz CT molecular complexity index is 1090. The van der Waals surface area contributed by atoms with Gasteiger partial charge in [0.25, 0.3) is 10.0 Å². The van der Waals surface area contributed by atoms with Gasteiger partial charge in [0.15, 0.2) is 0 Å². The highest BCUT2D eigenvalue weighted by Crippen LogP contribution is 2.34. The summed E-state index contributed by atoms with van der Waals surface area (Å²) in [5, 5.41) is 4.76. The van der Waals surface area contributed by atoms with Crippen molar-refractivity contribution in [3.8, 4) is 10.6 Å². The van der Waals surface area contributed by atoms with Crippen molar-refractivity contribution in [1.29, 1.82) is 0 Å². The van der Waals surface area contributed by atoms with Crippen LogP contribution in [0.25, 0.3) is 10.6 Å². The molecule has 2 aromatic heterocycles. The molecule has 0 aliphatic carbocycles. The van der Waals surface area contributed by atoms with Gasteiger partial charge in [-0.25, -0.2) is 18.1 Å². The van der Waals surface area contributed by atoms with Crippen LogP contribution in [0.15, 0.2) is 39.2 Å². The van der Waals surface area contributed by atoms with Crippen molar-refractivity contribution in [3.05, 3.63) is 57.4 Å². The molecule has 0 aliphatic rings. The van der Waals surface area contributed by atoms with Crippen LogP contribution in [0.3, 0.4) is 0 Å². The van der Waals surface area contributed by atoms with Gasteiger partial charge in [0, 0.05) is 27.8 Å². The van der Waals surface area contributed by atoms with E-state index < -0.39 is 10.0 Å². The van der Waals surface area contributed by atoms with Crippen LogP contribution in [0.4, 0.5) is 0 Å². The molecule has 1 unspecified atom stereocenters. The van der Waals surface area contributed by atoms with Crippen molar-refractivity contribution < 1.29 is 8.42 Å². The van der Waals surface area contributed by atoms with E-state index in [1.165, 1.54) is 11.3 Å². The Labute approximate surface area is 175 Å². The normalized spacial score (nSPS) is 13.6. The Morgan fingerprint density at radius 1 is 1.07 bits per heavy atom. The van der Waals surface area contributed by atoms with Gasteiger partial charge >= 0.3 is 0 Å². The van der Waals surface area contributed by atoms with E-state index in [1.54, 1.807) is 17.4 Å². The van der Waals surface area contributed by atoms with Crippen LogP contribution in [0, 0.1) is 13.8 Å². The van der Waals surface area contributed by atoms with Gasteiger partial charge in [0.2, 0.25) is 0 Å². The maximum Gasteiger partial charge on any atom is 0.250 e. The summed E-state index contributed by atoms with van der Waals surface area (Å²) in [6, 6.07) is 7.47. The lowest BCUT2D eigenvalue weighted by Crippen LogP contribution is -2.26. The molecule has 1 N–H and O–H groups in total. The molecule has 0 spiro atoms. The van der Waals surface area contributed by atoms with Gasteiger partial charge in [-0.3, -0.25) is 0 Å². The smallest absolute Gasteiger partial charge is 0.241 e. The molecule has 150 valence electrons. The van der Waals surface area contributed by atoms with E-state index in [0.29, 0.717) is 4.21 Å². The van der Waals surface area contributed by atoms with E-state index in [-0.39, 0.29) is 11.5 Å². The summed E-state index contributed by atoms with van der Waals surface area (Å²) >= 11 is 2.78. The summed E-state index contributed by atoms with van der Waals surface area (Å²) in [6.07, 6.45) is 0.